The standard InChI is InChI=1S/C11H7F2N3S/c12-7-2-1-6(3-8(7)13)9-4-16-10(14)5-17-11(16)15-9/h1-5H,14H2. The Morgan fingerprint density at radius 3 is 2.76 bits per heavy atom. The lowest BCUT2D eigenvalue weighted by molar-refractivity contribution is 0.509. The predicted molar refractivity (Wildman–Crippen MR) is 62.8 cm³/mol. The van der Waals surface area contributed by atoms with E-state index in [0.717, 1.165) is 17.1 Å². The highest BCUT2D eigenvalue weighted by molar-refractivity contribution is 7.15. The van der Waals surface area contributed by atoms with Gasteiger partial charge in [0, 0.05) is 17.1 Å². The molecule has 2 heterocycles. The molecule has 0 amide bonds. The van der Waals surface area contributed by atoms with Crippen molar-refractivity contribution in [3.63, 3.8) is 0 Å². The fourth-order valence-corrected chi connectivity index (χ4v) is 2.36. The smallest absolute Gasteiger partial charge is 0.195 e. The molecule has 0 fully saturated rings. The van der Waals surface area contributed by atoms with E-state index in [1.54, 1.807) is 16.0 Å². The fourth-order valence-electron chi connectivity index (χ4n) is 1.60. The van der Waals surface area contributed by atoms with Crippen LogP contribution in [-0.2, 0) is 0 Å². The average Bonchev–Trinajstić information content (AvgIpc) is 2.86. The molecule has 0 saturated carbocycles. The Morgan fingerprint density at radius 2 is 2.06 bits per heavy atom. The molecule has 17 heavy (non-hydrogen) atoms. The third-order valence-electron chi connectivity index (χ3n) is 2.45. The number of aromatic nitrogens is 2. The Hall–Kier alpha value is -1.95. The van der Waals surface area contributed by atoms with Crippen LogP contribution in [-0.4, -0.2) is 9.38 Å². The Bertz CT molecular complexity index is 702. The summed E-state index contributed by atoms with van der Waals surface area (Å²) in [5, 5.41) is 1.78. The van der Waals surface area contributed by atoms with Crippen molar-refractivity contribution in [3.05, 3.63) is 41.4 Å². The minimum Gasteiger partial charge on any atom is -0.384 e. The molecule has 0 saturated heterocycles. The van der Waals surface area contributed by atoms with Crippen LogP contribution in [0.25, 0.3) is 16.2 Å². The molecular weight excluding hydrogens is 244 g/mol. The van der Waals surface area contributed by atoms with Crippen LogP contribution < -0.4 is 5.73 Å². The quantitative estimate of drug-likeness (QED) is 0.722. The number of anilines is 1. The third-order valence-corrected chi connectivity index (χ3v) is 3.31. The van der Waals surface area contributed by atoms with E-state index in [1.807, 2.05) is 0 Å². The maximum absolute atomic E-state index is 13.1. The molecule has 0 aliphatic rings. The molecule has 86 valence electrons. The number of nitrogen functional groups attached to an aromatic ring is 1. The molecule has 0 aliphatic heterocycles. The summed E-state index contributed by atoms with van der Waals surface area (Å²) < 4.78 is 27.6. The number of benzene rings is 1. The van der Waals surface area contributed by atoms with E-state index in [2.05, 4.69) is 4.98 Å². The van der Waals surface area contributed by atoms with Gasteiger partial charge in [0.05, 0.1) is 5.69 Å². The van der Waals surface area contributed by atoms with Gasteiger partial charge in [0.2, 0.25) is 0 Å². The summed E-state index contributed by atoms with van der Waals surface area (Å²) in [6.45, 7) is 0. The molecule has 6 heteroatoms. The largest absolute Gasteiger partial charge is 0.384 e. The van der Waals surface area contributed by atoms with Crippen LogP contribution in [0.5, 0.6) is 0 Å². The van der Waals surface area contributed by atoms with Crippen molar-refractivity contribution in [1.29, 1.82) is 0 Å². The van der Waals surface area contributed by atoms with Gasteiger partial charge in [-0.05, 0) is 18.2 Å². The van der Waals surface area contributed by atoms with Crippen LogP contribution in [0.4, 0.5) is 14.6 Å². The van der Waals surface area contributed by atoms with Gasteiger partial charge < -0.3 is 5.73 Å². The summed E-state index contributed by atoms with van der Waals surface area (Å²) in [5.41, 5.74) is 6.82. The predicted octanol–water partition coefficient (Wildman–Crippen LogP) is 2.92. The summed E-state index contributed by atoms with van der Waals surface area (Å²) in [4.78, 5) is 5.01. The highest BCUT2D eigenvalue weighted by Crippen LogP contribution is 2.25. The summed E-state index contributed by atoms with van der Waals surface area (Å²) in [7, 11) is 0. The maximum atomic E-state index is 13.1. The minimum atomic E-state index is -0.883. The fraction of sp³-hybridized carbons (Fsp3) is 0. The summed E-state index contributed by atoms with van der Waals surface area (Å²) in [6, 6.07) is 3.69. The Balaban J connectivity index is 2.16. The van der Waals surface area contributed by atoms with Crippen molar-refractivity contribution in [2.75, 3.05) is 5.73 Å². The maximum Gasteiger partial charge on any atom is 0.195 e. The van der Waals surface area contributed by atoms with Crippen LogP contribution in [0.1, 0.15) is 0 Å². The number of hydrogen-bond acceptors (Lipinski definition) is 3. The number of fused-ring (bicyclic) bond motifs is 1. The molecule has 0 bridgehead atoms. The molecule has 2 aromatic heterocycles. The van der Waals surface area contributed by atoms with Crippen molar-refractivity contribution in [2.24, 2.45) is 0 Å². The van der Waals surface area contributed by atoms with Crippen LogP contribution >= 0.6 is 11.3 Å². The topological polar surface area (TPSA) is 43.3 Å². The number of halogens is 2. The second kappa shape index (κ2) is 3.53. The summed E-state index contributed by atoms with van der Waals surface area (Å²) in [6.07, 6.45) is 1.70. The molecular formula is C11H7F2N3S. The second-order valence-electron chi connectivity index (χ2n) is 3.57. The zero-order valence-electron chi connectivity index (χ0n) is 8.52. The van der Waals surface area contributed by atoms with E-state index in [1.165, 1.54) is 17.4 Å². The number of nitrogens with two attached hydrogens (primary N) is 1. The average molecular weight is 251 g/mol. The second-order valence-corrected chi connectivity index (χ2v) is 4.40. The van der Waals surface area contributed by atoms with Crippen molar-refractivity contribution >= 4 is 22.1 Å². The van der Waals surface area contributed by atoms with Gasteiger partial charge >= 0.3 is 0 Å². The number of hydrogen-bond donors (Lipinski definition) is 1. The molecule has 2 N–H and O–H groups in total. The number of imidazole rings is 1. The first-order valence-electron chi connectivity index (χ1n) is 4.82. The third kappa shape index (κ3) is 1.57. The van der Waals surface area contributed by atoms with E-state index in [4.69, 9.17) is 5.73 Å². The molecule has 3 aromatic rings. The van der Waals surface area contributed by atoms with Crippen molar-refractivity contribution in [1.82, 2.24) is 9.38 Å². The number of thiazole rings is 1. The van der Waals surface area contributed by atoms with Gasteiger partial charge in [-0.3, -0.25) is 4.40 Å². The summed E-state index contributed by atoms with van der Waals surface area (Å²) in [5.74, 6) is -1.17. The van der Waals surface area contributed by atoms with E-state index >= 15 is 0 Å². The Labute approximate surface area is 99.1 Å². The molecule has 0 spiro atoms. The van der Waals surface area contributed by atoms with Gasteiger partial charge in [0.1, 0.15) is 5.82 Å². The van der Waals surface area contributed by atoms with Gasteiger partial charge in [0.15, 0.2) is 16.6 Å². The Morgan fingerprint density at radius 1 is 1.24 bits per heavy atom. The van der Waals surface area contributed by atoms with E-state index in [0.29, 0.717) is 17.1 Å². The molecule has 3 nitrogen and oxygen atoms in total. The van der Waals surface area contributed by atoms with Gasteiger partial charge in [-0.25, -0.2) is 13.8 Å². The van der Waals surface area contributed by atoms with Gasteiger partial charge in [-0.1, -0.05) is 0 Å². The van der Waals surface area contributed by atoms with Gasteiger partial charge in [0.25, 0.3) is 0 Å². The van der Waals surface area contributed by atoms with Crippen LogP contribution in [0.2, 0.25) is 0 Å². The minimum absolute atomic E-state index is 0.527. The molecule has 0 atom stereocenters. The SMILES string of the molecule is Nc1csc2nc(-c3ccc(F)c(F)c3)cn12. The zero-order valence-corrected chi connectivity index (χ0v) is 9.34. The van der Waals surface area contributed by atoms with E-state index < -0.39 is 11.6 Å². The molecule has 3 rings (SSSR count). The van der Waals surface area contributed by atoms with Gasteiger partial charge in [-0.15, -0.1) is 11.3 Å². The lowest BCUT2D eigenvalue weighted by Crippen LogP contribution is -1.88. The van der Waals surface area contributed by atoms with Crippen LogP contribution in [0.3, 0.4) is 0 Å². The molecule has 0 aliphatic carbocycles. The van der Waals surface area contributed by atoms with Crippen molar-refractivity contribution in [2.45, 2.75) is 0 Å². The van der Waals surface area contributed by atoms with E-state index in [9.17, 15) is 8.78 Å². The van der Waals surface area contributed by atoms with Gasteiger partial charge in [-0.2, -0.15) is 0 Å². The monoisotopic (exact) mass is 251 g/mol. The van der Waals surface area contributed by atoms with Crippen molar-refractivity contribution in [3.8, 4) is 11.3 Å². The first-order chi connectivity index (χ1) is 8.15. The highest BCUT2D eigenvalue weighted by Gasteiger charge is 2.10. The summed E-state index contributed by atoms with van der Waals surface area (Å²) >= 11 is 1.40. The first-order valence-corrected chi connectivity index (χ1v) is 5.70. The first kappa shape index (κ1) is 10.2. The number of nitrogens with zero attached hydrogens (tertiary/aromatic N) is 2. The van der Waals surface area contributed by atoms with Crippen LogP contribution in [0.15, 0.2) is 29.8 Å². The normalized spacial score (nSPS) is 11.2. The van der Waals surface area contributed by atoms with Crippen molar-refractivity contribution < 1.29 is 8.78 Å². The lowest BCUT2D eigenvalue weighted by atomic mass is 10.1. The Kier molecular flexibility index (Phi) is 2.12. The zero-order chi connectivity index (χ0) is 12.0. The lowest BCUT2D eigenvalue weighted by Gasteiger charge is -1.97. The van der Waals surface area contributed by atoms with E-state index in [-0.39, 0.29) is 0 Å². The van der Waals surface area contributed by atoms with Crippen LogP contribution in [0, 0.1) is 11.6 Å². The highest BCUT2D eigenvalue weighted by atomic mass is 32.1. The molecule has 0 unspecified atom stereocenters. The number of rotatable bonds is 1. The molecule has 0 radical (unpaired) electrons. The molecule has 1 aromatic carbocycles.